The molecule has 1 aromatic rings. The molecule has 15 heavy (non-hydrogen) atoms. The van der Waals surface area contributed by atoms with Crippen molar-refractivity contribution >= 4 is 11.8 Å². The molecule has 3 rings (SSSR count). The molecule has 2 heterocycles. The topological polar surface area (TPSA) is 26.7 Å². The number of benzene rings is 1. The molecule has 0 radical (unpaired) electrons. The van der Waals surface area contributed by atoms with Gasteiger partial charge in [0.2, 0.25) is 0 Å². The Morgan fingerprint density at radius 3 is 2.80 bits per heavy atom. The maximum Gasteiger partial charge on any atom is 0.135 e. The molecule has 74 valence electrons. The number of aliphatic hydroxyl groups is 1. The average Bonchev–Trinajstić information content (AvgIpc) is 2.28. The number of hydrogen-bond acceptors (Lipinski definition) is 3. The van der Waals surface area contributed by atoms with E-state index >= 15 is 0 Å². The van der Waals surface area contributed by atoms with Gasteiger partial charge in [-0.25, -0.2) is 0 Å². The Balaban J connectivity index is 2.12. The zero-order chi connectivity index (χ0) is 10.3. The first-order valence-electron chi connectivity index (χ1n) is 4.78. The van der Waals surface area contributed by atoms with Crippen molar-refractivity contribution in [1.82, 2.24) is 5.01 Å². The molecule has 0 saturated carbocycles. The fraction of sp³-hybridized carbons (Fsp3) is 0. The van der Waals surface area contributed by atoms with Gasteiger partial charge < -0.3 is 5.11 Å². The molecule has 0 aliphatic carbocycles. The van der Waals surface area contributed by atoms with E-state index in [-0.39, 0.29) is 5.76 Å². The molecule has 0 fully saturated rings. The molecule has 1 aromatic carbocycles. The van der Waals surface area contributed by atoms with Crippen LogP contribution < -0.4 is 5.01 Å². The van der Waals surface area contributed by atoms with Gasteiger partial charge in [-0.15, -0.1) is 0 Å². The molecular formula is C12H10N2O. The lowest BCUT2D eigenvalue weighted by atomic mass is 10.1. The van der Waals surface area contributed by atoms with Crippen molar-refractivity contribution in [3.8, 4) is 0 Å². The van der Waals surface area contributed by atoms with Crippen LogP contribution in [0.5, 0.6) is 0 Å². The number of hydrazine groups is 1. The highest BCUT2D eigenvalue weighted by atomic mass is 16.3. The van der Waals surface area contributed by atoms with Crippen LogP contribution in [-0.2, 0) is 0 Å². The fourth-order valence-electron chi connectivity index (χ4n) is 1.78. The normalized spacial score (nSPS) is 17.2. The summed E-state index contributed by atoms with van der Waals surface area (Å²) in [5.74, 6) is 0.260. The number of fused-ring (bicyclic) bond motifs is 3. The third kappa shape index (κ3) is 1.21. The van der Waals surface area contributed by atoms with Gasteiger partial charge in [0.1, 0.15) is 5.76 Å². The van der Waals surface area contributed by atoms with Crippen molar-refractivity contribution in [2.45, 2.75) is 0 Å². The maximum absolute atomic E-state index is 9.37. The molecule has 2 aliphatic heterocycles. The molecule has 0 atom stereocenters. The molecule has 0 unspecified atom stereocenters. The monoisotopic (exact) mass is 198 g/mol. The van der Waals surface area contributed by atoms with Crippen molar-refractivity contribution in [3.63, 3.8) is 0 Å². The SMILES string of the molecule is OC1=CN2C=Cc3ccccc3N2C=C1. The van der Waals surface area contributed by atoms with Crippen molar-refractivity contribution in [3.05, 3.63) is 60.3 Å². The van der Waals surface area contributed by atoms with E-state index in [2.05, 4.69) is 6.07 Å². The third-order valence-corrected chi connectivity index (χ3v) is 2.49. The Labute approximate surface area is 87.8 Å². The molecule has 0 bridgehead atoms. The summed E-state index contributed by atoms with van der Waals surface area (Å²) in [5.41, 5.74) is 2.29. The zero-order valence-corrected chi connectivity index (χ0v) is 8.04. The first-order chi connectivity index (χ1) is 7.34. The quantitative estimate of drug-likeness (QED) is 0.694. The van der Waals surface area contributed by atoms with Crippen LogP contribution in [0.15, 0.2) is 54.7 Å². The largest absolute Gasteiger partial charge is 0.506 e. The van der Waals surface area contributed by atoms with E-state index in [1.54, 1.807) is 12.3 Å². The number of para-hydroxylation sites is 1. The lowest BCUT2D eigenvalue weighted by molar-refractivity contribution is 0.390. The van der Waals surface area contributed by atoms with E-state index in [1.165, 1.54) is 5.56 Å². The Morgan fingerprint density at radius 2 is 1.87 bits per heavy atom. The molecule has 0 amide bonds. The minimum absolute atomic E-state index is 0.260. The number of aliphatic hydroxyl groups excluding tert-OH is 1. The Kier molecular flexibility index (Phi) is 1.59. The van der Waals surface area contributed by atoms with Gasteiger partial charge in [-0.2, -0.15) is 0 Å². The van der Waals surface area contributed by atoms with Crippen molar-refractivity contribution < 1.29 is 5.11 Å². The second-order valence-electron chi connectivity index (χ2n) is 3.47. The number of nitrogens with zero attached hydrogens (tertiary/aromatic N) is 2. The summed E-state index contributed by atoms with van der Waals surface area (Å²) in [4.78, 5) is 0. The summed E-state index contributed by atoms with van der Waals surface area (Å²) in [6.45, 7) is 0. The van der Waals surface area contributed by atoms with Crippen LogP contribution in [0.2, 0.25) is 0 Å². The predicted molar refractivity (Wildman–Crippen MR) is 59.6 cm³/mol. The lowest BCUT2D eigenvalue weighted by Gasteiger charge is -2.36. The highest BCUT2D eigenvalue weighted by Gasteiger charge is 2.18. The van der Waals surface area contributed by atoms with Gasteiger partial charge in [-0.3, -0.25) is 10.0 Å². The fourth-order valence-corrected chi connectivity index (χ4v) is 1.78. The van der Waals surface area contributed by atoms with Gasteiger partial charge in [0, 0.05) is 18.0 Å². The van der Waals surface area contributed by atoms with E-state index in [0.29, 0.717) is 0 Å². The van der Waals surface area contributed by atoms with E-state index < -0.39 is 0 Å². The van der Waals surface area contributed by atoms with Crippen LogP contribution in [0.1, 0.15) is 5.56 Å². The smallest absolute Gasteiger partial charge is 0.135 e. The number of hydrogen-bond donors (Lipinski definition) is 1. The Bertz CT molecular complexity index is 488. The van der Waals surface area contributed by atoms with Gasteiger partial charge in [0.05, 0.1) is 11.9 Å². The van der Waals surface area contributed by atoms with Crippen molar-refractivity contribution in [2.24, 2.45) is 0 Å². The van der Waals surface area contributed by atoms with Crippen LogP contribution in [-0.4, -0.2) is 10.1 Å². The standard InChI is InChI=1S/C12H10N2O/c15-11-6-8-14-12-4-2-1-3-10(12)5-7-13(14)9-11/h1-9,15H. The molecular weight excluding hydrogens is 188 g/mol. The predicted octanol–water partition coefficient (Wildman–Crippen LogP) is 2.62. The van der Waals surface area contributed by atoms with Crippen LogP contribution in [0, 0.1) is 0 Å². The van der Waals surface area contributed by atoms with Gasteiger partial charge >= 0.3 is 0 Å². The highest BCUT2D eigenvalue weighted by Crippen LogP contribution is 2.30. The van der Waals surface area contributed by atoms with E-state index in [0.717, 1.165) is 5.69 Å². The molecule has 2 aliphatic rings. The second-order valence-corrected chi connectivity index (χ2v) is 3.47. The van der Waals surface area contributed by atoms with Gasteiger partial charge in [-0.1, -0.05) is 18.2 Å². The summed E-state index contributed by atoms with van der Waals surface area (Å²) >= 11 is 0. The summed E-state index contributed by atoms with van der Waals surface area (Å²) in [6, 6.07) is 8.13. The van der Waals surface area contributed by atoms with Gasteiger partial charge in [-0.05, 0) is 18.2 Å². The van der Waals surface area contributed by atoms with E-state index in [1.807, 2.05) is 46.7 Å². The molecule has 0 spiro atoms. The van der Waals surface area contributed by atoms with Crippen LogP contribution in [0.25, 0.3) is 6.08 Å². The van der Waals surface area contributed by atoms with E-state index in [9.17, 15) is 5.11 Å². The molecule has 1 N–H and O–H groups in total. The van der Waals surface area contributed by atoms with Crippen LogP contribution in [0.4, 0.5) is 5.69 Å². The minimum atomic E-state index is 0.260. The van der Waals surface area contributed by atoms with E-state index in [4.69, 9.17) is 0 Å². The highest BCUT2D eigenvalue weighted by molar-refractivity contribution is 5.71. The van der Waals surface area contributed by atoms with Gasteiger partial charge in [0.25, 0.3) is 0 Å². The minimum Gasteiger partial charge on any atom is -0.506 e. The Morgan fingerprint density at radius 1 is 1.00 bits per heavy atom. The summed E-state index contributed by atoms with van der Waals surface area (Å²) < 4.78 is 0. The van der Waals surface area contributed by atoms with Crippen molar-refractivity contribution in [2.75, 3.05) is 5.01 Å². The number of allylic oxidation sites excluding steroid dienone is 1. The summed E-state index contributed by atoms with van der Waals surface area (Å²) in [7, 11) is 0. The average molecular weight is 198 g/mol. The van der Waals surface area contributed by atoms with Gasteiger partial charge in [0.15, 0.2) is 0 Å². The molecule has 0 saturated heterocycles. The second kappa shape index (κ2) is 2.92. The Hall–Kier alpha value is -2.16. The maximum atomic E-state index is 9.37. The van der Waals surface area contributed by atoms with Crippen molar-refractivity contribution in [1.29, 1.82) is 0 Å². The third-order valence-electron chi connectivity index (χ3n) is 2.49. The molecule has 3 nitrogen and oxygen atoms in total. The first-order valence-corrected chi connectivity index (χ1v) is 4.78. The number of rotatable bonds is 0. The summed E-state index contributed by atoms with van der Waals surface area (Å²) in [5, 5.41) is 13.2. The van der Waals surface area contributed by atoms with Crippen LogP contribution in [0.3, 0.4) is 0 Å². The zero-order valence-electron chi connectivity index (χ0n) is 8.04. The molecule has 0 aromatic heterocycles. The number of anilines is 1. The van der Waals surface area contributed by atoms with Crippen LogP contribution >= 0.6 is 0 Å². The summed E-state index contributed by atoms with van der Waals surface area (Å²) in [6.07, 6.45) is 9.13. The lowest BCUT2D eigenvalue weighted by Crippen LogP contribution is -2.34. The molecule has 3 heteroatoms. The first kappa shape index (κ1) is 8.17.